The molecule has 5 nitrogen and oxygen atoms in total. The summed E-state index contributed by atoms with van der Waals surface area (Å²) in [7, 11) is -0.957. The van der Waals surface area contributed by atoms with Crippen LogP contribution in [-0.4, -0.2) is 36.3 Å². The lowest BCUT2D eigenvalue weighted by atomic mass is 9.73. The number of hydrogen-bond donors (Lipinski definition) is 0. The molecule has 1 unspecified atom stereocenters. The quantitative estimate of drug-likeness (QED) is 0.149. The summed E-state index contributed by atoms with van der Waals surface area (Å²) in [6.07, 6.45) is 5.98. The van der Waals surface area contributed by atoms with Crippen LogP contribution < -0.4 is 9.31 Å². The summed E-state index contributed by atoms with van der Waals surface area (Å²) in [4.78, 5) is 7.27. The summed E-state index contributed by atoms with van der Waals surface area (Å²) < 4.78 is 20.7. The first-order valence-electron chi connectivity index (χ1n) is 16.0. The first-order valence-corrected chi connectivity index (χ1v) is 16.0. The summed E-state index contributed by atoms with van der Waals surface area (Å²) in [6, 6.07) is 35.9. The van der Waals surface area contributed by atoms with Gasteiger partial charge in [0, 0.05) is 35.3 Å². The molecule has 0 saturated carbocycles. The van der Waals surface area contributed by atoms with E-state index in [2.05, 4.69) is 120 Å². The highest BCUT2D eigenvalue weighted by Crippen LogP contribution is 2.49. The molecule has 1 aromatic heterocycles. The van der Waals surface area contributed by atoms with E-state index in [4.69, 9.17) is 14.0 Å². The van der Waals surface area contributed by atoms with Gasteiger partial charge in [0.1, 0.15) is 11.5 Å². The zero-order chi connectivity index (χ0) is 29.9. The van der Waals surface area contributed by atoms with Gasteiger partial charge in [0.2, 0.25) is 0 Å². The predicted octanol–water partition coefficient (Wildman–Crippen LogP) is 8.62. The number of nitrogens with zero attached hydrogens (tertiary/aromatic N) is 2. The van der Waals surface area contributed by atoms with Crippen molar-refractivity contribution >= 4 is 39.8 Å². The number of fused-ring (bicyclic) bond motifs is 11. The Morgan fingerprint density at radius 1 is 0.800 bits per heavy atom. The highest BCUT2D eigenvalue weighted by Gasteiger charge is 2.46. The molecule has 220 valence electrons. The third-order valence-corrected chi connectivity index (χ3v) is 10.2. The van der Waals surface area contributed by atoms with E-state index in [9.17, 15) is 0 Å². The number of aromatic nitrogens is 1. The highest BCUT2D eigenvalue weighted by atomic mass is 16.7. The smallest absolute Gasteiger partial charge is 0.500 e. The largest absolute Gasteiger partial charge is 0.788 e. The van der Waals surface area contributed by atoms with E-state index in [1.807, 2.05) is 12.3 Å². The minimum atomic E-state index is -0.957. The van der Waals surface area contributed by atoms with E-state index in [0.717, 1.165) is 80.1 Å². The number of para-hydroxylation sites is 1. The van der Waals surface area contributed by atoms with Crippen LogP contribution in [0.4, 0.5) is 0 Å². The standard InChI is InChI=1S/C39H33BN2O3/c1-2-25-24-42-22-20-28(25)23-34(42)39(32-19-21-41-33-14-8-7-13-31(32)33)45-40-43-35-17-15-26-9-3-5-11-29(26)37(35)38-30-12-6-4-10-27(30)16-18-36(38)44-40/h2-19,21,25,28,34,39H,1,20,22-24H2/t25-,28-,34+,39-/m0/s1. The molecule has 6 heteroatoms. The van der Waals surface area contributed by atoms with Gasteiger partial charge in [0.05, 0.1) is 11.6 Å². The molecule has 0 radical (unpaired) electrons. The number of rotatable bonds is 5. The summed E-state index contributed by atoms with van der Waals surface area (Å²) in [5, 5.41) is 5.66. The van der Waals surface area contributed by atoms with Gasteiger partial charge in [-0.15, -0.1) is 6.58 Å². The second kappa shape index (κ2) is 10.8. The molecule has 5 heterocycles. The molecule has 4 aliphatic rings. The van der Waals surface area contributed by atoms with Crippen LogP contribution in [0.1, 0.15) is 24.5 Å². The molecular weight excluding hydrogens is 555 g/mol. The minimum Gasteiger partial charge on any atom is -0.500 e. The Kier molecular flexibility index (Phi) is 6.39. The van der Waals surface area contributed by atoms with Gasteiger partial charge in [0.25, 0.3) is 0 Å². The molecule has 3 fully saturated rings. The Morgan fingerprint density at radius 2 is 1.44 bits per heavy atom. The summed E-state index contributed by atoms with van der Waals surface area (Å²) in [6.45, 7) is 6.21. The normalized spacial score (nSPS) is 22.7. The van der Waals surface area contributed by atoms with Crippen molar-refractivity contribution in [1.29, 1.82) is 0 Å². The zero-order valence-electron chi connectivity index (χ0n) is 25.0. The Bertz CT molecular complexity index is 2000. The summed E-state index contributed by atoms with van der Waals surface area (Å²) >= 11 is 0. The maximum atomic E-state index is 7.12. The molecule has 0 N–H and O–H groups in total. The molecule has 10 rings (SSSR count). The van der Waals surface area contributed by atoms with Crippen molar-refractivity contribution in [3.05, 3.63) is 128 Å². The van der Waals surface area contributed by atoms with Crippen LogP contribution in [0.3, 0.4) is 0 Å². The molecule has 0 aliphatic carbocycles. The third kappa shape index (κ3) is 4.43. The van der Waals surface area contributed by atoms with Gasteiger partial charge < -0.3 is 14.0 Å². The molecule has 45 heavy (non-hydrogen) atoms. The number of pyridine rings is 1. The minimum absolute atomic E-state index is 0.174. The molecule has 6 aromatic rings. The fourth-order valence-corrected chi connectivity index (χ4v) is 8.05. The fraction of sp³-hybridized carbons (Fsp3) is 0.205. The molecule has 2 bridgehead atoms. The van der Waals surface area contributed by atoms with E-state index in [-0.39, 0.29) is 12.1 Å². The number of benzene rings is 5. The van der Waals surface area contributed by atoms with E-state index in [0.29, 0.717) is 11.8 Å². The van der Waals surface area contributed by atoms with Gasteiger partial charge in [-0.05, 0) is 82.6 Å². The third-order valence-electron chi connectivity index (χ3n) is 10.2. The predicted molar refractivity (Wildman–Crippen MR) is 181 cm³/mol. The first-order chi connectivity index (χ1) is 22.2. The molecular formula is C39H33BN2O3. The topological polar surface area (TPSA) is 43.8 Å². The average molecular weight is 589 g/mol. The molecule has 5 aromatic carbocycles. The average Bonchev–Trinajstić information content (AvgIpc) is 3.27. The maximum Gasteiger partial charge on any atom is 0.788 e. The van der Waals surface area contributed by atoms with E-state index in [1.165, 1.54) is 6.42 Å². The van der Waals surface area contributed by atoms with E-state index < -0.39 is 7.32 Å². The molecule has 0 amide bonds. The summed E-state index contributed by atoms with van der Waals surface area (Å²) in [5.41, 5.74) is 4.14. The van der Waals surface area contributed by atoms with Crippen molar-refractivity contribution in [3.63, 3.8) is 0 Å². The Morgan fingerprint density at radius 3 is 2.09 bits per heavy atom. The molecule has 0 spiro atoms. The van der Waals surface area contributed by atoms with Crippen molar-refractivity contribution in [2.75, 3.05) is 13.1 Å². The van der Waals surface area contributed by atoms with Crippen molar-refractivity contribution in [2.45, 2.75) is 25.0 Å². The van der Waals surface area contributed by atoms with E-state index in [1.54, 1.807) is 0 Å². The van der Waals surface area contributed by atoms with Crippen molar-refractivity contribution in [3.8, 4) is 22.6 Å². The lowest BCUT2D eigenvalue weighted by molar-refractivity contribution is -0.0458. The Balaban J connectivity index is 1.19. The summed E-state index contributed by atoms with van der Waals surface area (Å²) in [5.74, 6) is 2.61. The van der Waals surface area contributed by atoms with Gasteiger partial charge >= 0.3 is 7.32 Å². The second-order valence-corrected chi connectivity index (χ2v) is 12.6. The van der Waals surface area contributed by atoms with Crippen LogP contribution in [0.25, 0.3) is 43.6 Å². The van der Waals surface area contributed by atoms with Gasteiger partial charge in [-0.2, -0.15) is 0 Å². The lowest BCUT2D eigenvalue weighted by Crippen LogP contribution is -2.56. The van der Waals surface area contributed by atoms with Gasteiger partial charge in [-0.1, -0.05) is 84.9 Å². The van der Waals surface area contributed by atoms with Crippen molar-refractivity contribution < 1.29 is 14.0 Å². The molecule has 5 atom stereocenters. The first kappa shape index (κ1) is 26.7. The van der Waals surface area contributed by atoms with Crippen molar-refractivity contribution in [2.24, 2.45) is 11.8 Å². The Labute approximate surface area is 263 Å². The van der Waals surface area contributed by atoms with Crippen molar-refractivity contribution in [1.82, 2.24) is 9.88 Å². The van der Waals surface area contributed by atoms with Crippen LogP contribution in [0.5, 0.6) is 11.5 Å². The van der Waals surface area contributed by atoms with E-state index >= 15 is 0 Å². The van der Waals surface area contributed by atoms with Gasteiger partial charge in [-0.3, -0.25) is 9.88 Å². The fourth-order valence-electron chi connectivity index (χ4n) is 8.05. The highest BCUT2D eigenvalue weighted by molar-refractivity contribution is 6.40. The number of piperidine rings is 3. The SMILES string of the molecule is C=C[C@H]1CN2CC[C@H]1C[C@@H]2[C@@H](OB1Oc2ccc3ccccc3c2-c2c(ccc3ccccc23)O1)c1ccnc2ccccc12. The van der Waals surface area contributed by atoms with Gasteiger partial charge in [-0.25, -0.2) is 0 Å². The second-order valence-electron chi connectivity index (χ2n) is 12.6. The molecule has 3 saturated heterocycles. The van der Waals surface area contributed by atoms with Crippen LogP contribution in [0, 0.1) is 11.8 Å². The maximum absolute atomic E-state index is 7.12. The Hall–Kier alpha value is -4.65. The van der Waals surface area contributed by atoms with Crippen LogP contribution in [0.2, 0.25) is 0 Å². The lowest BCUT2D eigenvalue weighted by Gasteiger charge is -2.51. The van der Waals surface area contributed by atoms with Crippen LogP contribution >= 0.6 is 0 Å². The zero-order valence-corrected chi connectivity index (χ0v) is 25.0. The van der Waals surface area contributed by atoms with Crippen LogP contribution in [-0.2, 0) is 4.65 Å². The van der Waals surface area contributed by atoms with Crippen LogP contribution in [0.15, 0.2) is 122 Å². The molecule has 4 aliphatic heterocycles. The monoisotopic (exact) mass is 588 g/mol. The van der Waals surface area contributed by atoms with Gasteiger partial charge in [0.15, 0.2) is 0 Å². The number of hydrogen-bond acceptors (Lipinski definition) is 5.